The number of aromatic nitrogens is 1. The van der Waals surface area contributed by atoms with Crippen LogP contribution in [0.5, 0.6) is 0 Å². The summed E-state index contributed by atoms with van der Waals surface area (Å²) in [7, 11) is 0. The predicted molar refractivity (Wildman–Crippen MR) is 54.8 cm³/mol. The first kappa shape index (κ1) is 6.92. The highest BCUT2D eigenvalue weighted by Gasteiger charge is 2.27. The van der Waals surface area contributed by atoms with Crippen molar-refractivity contribution in [1.82, 2.24) is 4.98 Å². The molecular formula is C9H7NS2. The van der Waals surface area contributed by atoms with E-state index in [-0.39, 0.29) is 0 Å². The fourth-order valence-electron chi connectivity index (χ4n) is 1.22. The third kappa shape index (κ3) is 1.04. The van der Waals surface area contributed by atoms with Crippen LogP contribution in [0.25, 0.3) is 10.2 Å². The normalized spacial score (nSPS) is 21.5. The zero-order valence-electron chi connectivity index (χ0n) is 6.36. The summed E-state index contributed by atoms with van der Waals surface area (Å²) in [6, 6.07) is 8.35. The summed E-state index contributed by atoms with van der Waals surface area (Å²) >= 11 is 3.82. The molecule has 0 bridgehead atoms. The molecule has 1 aliphatic rings. The molecule has 1 fully saturated rings. The lowest BCUT2D eigenvalue weighted by Gasteiger charge is -1.81. The highest BCUT2D eigenvalue weighted by atomic mass is 32.2. The molecule has 1 aromatic carbocycles. The Labute approximate surface area is 78.8 Å². The van der Waals surface area contributed by atoms with E-state index in [1.807, 2.05) is 29.2 Å². The summed E-state index contributed by atoms with van der Waals surface area (Å²) in [4.78, 5) is 4.57. The monoisotopic (exact) mass is 193 g/mol. The van der Waals surface area contributed by atoms with Crippen molar-refractivity contribution in [2.75, 3.05) is 5.75 Å². The van der Waals surface area contributed by atoms with Gasteiger partial charge in [0.05, 0.1) is 15.5 Å². The lowest BCUT2D eigenvalue weighted by atomic mass is 10.3. The van der Waals surface area contributed by atoms with Gasteiger partial charge in [0, 0.05) is 5.75 Å². The smallest absolute Gasteiger partial charge is 0.108 e. The number of hydrogen-bond donors (Lipinski definition) is 0. The summed E-state index contributed by atoms with van der Waals surface area (Å²) in [5.41, 5.74) is 1.16. The minimum Gasteiger partial charge on any atom is -0.240 e. The van der Waals surface area contributed by atoms with Crippen LogP contribution >= 0.6 is 23.1 Å². The van der Waals surface area contributed by atoms with Crippen LogP contribution in [0.4, 0.5) is 0 Å². The number of thioether (sulfide) groups is 1. The van der Waals surface area contributed by atoms with Gasteiger partial charge in [0.15, 0.2) is 0 Å². The topological polar surface area (TPSA) is 12.9 Å². The van der Waals surface area contributed by atoms with Gasteiger partial charge in [-0.25, -0.2) is 4.98 Å². The van der Waals surface area contributed by atoms with Crippen molar-refractivity contribution >= 4 is 33.3 Å². The van der Waals surface area contributed by atoms with Crippen molar-refractivity contribution in [3.8, 4) is 0 Å². The third-order valence-electron chi connectivity index (χ3n) is 1.92. The molecule has 0 saturated carbocycles. The first-order valence-corrected chi connectivity index (χ1v) is 5.77. The van der Waals surface area contributed by atoms with Crippen molar-refractivity contribution in [2.45, 2.75) is 5.25 Å². The van der Waals surface area contributed by atoms with Crippen LogP contribution in [0.1, 0.15) is 10.3 Å². The molecule has 0 aliphatic carbocycles. The average molecular weight is 193 g/mol. The number of thiazole rings is 1. The van der Waals surface area contributed by atoms with Crippen LogP contribution in [-0.4, -0.2) is 10.7 Å². The Morgan fingerprint density at radius 1 is 1.33 bits per heavy atom. The maximum absolute atomic E-state index is 4.57. The number of para-hydroxylation sites is 1. The van der Waals surface area contributed by atoms with E-state index in [2.05, 4.69) is 23.2 Å². The van der Waals surface area contributed by atoms with Crippen LogP contribution in [0.15, 0.2) is 24.3 Å². The van der Waals surface area contributed by atoms with Gasteiger partial charge in [-0.2, -0.15) is 0 Å². The summed E-state index contributed by atoms with van der Waals surface area (Å²) in [5.74, 6) is 1.26. The molecule has 1 nitrogen and oxygen atoms in total. The Morgan fingerprint density at radius 3 is 2.92 bits per heavy atom. The number of nitrogens with zero attached hydrogens (tertiary/aromatic N) is 1. The molecule has 2 aromatic rings. The molecule has 2 heterocycles. The lowest BCUT2D eigenvalue weighted by molar-refractivity contribution is 1.18. The molecule has 12 heavy (non-hydrogen) atoms. The molecule has 0 spiro atoms. The molecule has 0 N–H and O–H groups in total. The average Bonchev–Trinajstić information content (AvgIpc) is 2.85. The molecule has 60 valence electrons. The van der Waals surface area contributed by atoms with E-state index in [1.165, 1.54) is 15.5 Å². The molecule has 3 heteroatoms. The molecule has 1 saturated heterocycles. The number of benzene rings is 1. The van der Waals surface area contributed by atoms with E-state index in [4.69, 9.17) is 0 Å². The zero-order valence-corrected chi connectivity index (χ0v) is 7.99. The predicted octanol–water partition coefficient (Wildman–Crippen LogP) is 3.08. The van der Waals surface area contributed by atoms with Crippen LogP contribution in [0.2, 0.25) is 0 Å². The molecule has 0 radical (unpaired) electrons. The van der Waals surface area contributed by atoms with Gasteiger partial charge >= 0.3 is 0 Å². The molecule has 0 amide bonds. The zero-order chi connectivity index (χ0) is 7.97. The van der Waals surface area contributed by atoms with E-state index in [1.54, 1.807) is 0 Å². The Hall–Kier alpha value is -0.540. The standard InChI is InChI=1S/C9H7NS2/c1-2-4-7-6(3-1)10-9(12-7)8-5-11-8/h1-4,8H,5H2/t8-/m1/s1. The van der Waals surface area contributed by atoms with Gasteiger partial charge in [-0.3, -0.25) is 0 Å². The van der Waals surface area contributed by atoms with E-state index in [9.17, 15) is 0 Å². The lowest BCUT2D eigenvalue weighted by Crippen LogP contribution is -1.73. The van der Waals surface area contributed by atoms with Gasteiger partial charge in [0.2, 0.25) is 0 Å². The highest BCUT2D eigenvalue weighted by Crippen LogP contribution is 2.48. The summed E-state index contributed by atoms with van der Waals surface area (Å²) < 4.78 is 1.32. The van der Waals surface area contributed by atoms with Crippen molar-refractivity contribution in [2.24, 2.45) is 0 Å². The Bertz CT molecular complexity index is 384. The van der Waals surface area contributed by atoms with E-state index < -0.39 is 0 Å². The van der Waals surface area contributed by atoms with Crippen molar-refractivity contribution < 1.29 is 0 Å². The maximum Gasteiger partial charge on any atom is 0.108 e. The Kier molecular flexibility index (Phi) is 1.43. The van der Waals surface area contributed by atoms with Crippen LogP contribution in [-0.2, 0) is 0 Å². The maximum atomic E-state index is 4.57. The van der Waals surface area contributed by atoms with Crippen molar-refractivity contribution in [3.05, 3.63) is 29.3 Å². The van der Waals surface area contributed by atoms with Crippen LogP contribution in [0, 0.1) is 0 Å². The second-order valence-electron chi connectivity index (χ2n) is 2.84. The fraction of sp³-hybridized carbons (Fsp3) is 0.222. The van der Waals surface area contributed by atoms with Gasteiger partial charge < -0.3 is 0 Å². The van der Waals surface area contributed by atoms with Crippen LogP contribution < -0.4 is 0 Å². The summed E-state index contributed by atoms with van der Waals surface area (Å²) in [6.45, 7) is 0. The van der Waals surface area contributed by atoms with Gasteiger partial charge in [0.1, 0.15) is 5.01 Å². The Balaban J connectivity index is 2.23. The van der Waals surface area contributed by atoms with Gasteiger partial charge in [-0.05, 0) is 12.1 Å². The minimum atomic E-state index is 0.711. The second-order valence-corrected chi connectivity index (χ2v) is 5.14. The molecule has 0 unspecified atom stereocenters. The molecule has 1 aromatic heterocycles. The van der Waals surface area contributed by atoms with Gasteiger partial charge in [-0.1, -0.05) is 12.1 Å². The fourth-order valence-corrected chi connectivity index (χ4v) is 3.07. The van der Waals surface area contributed by atoms with Gasteiger partial charge in [-0.15, -0.1) is 23.1 Å². The minimum absolute atomic E-state index is 0.711. The van der Waals surface area contributed by atoms with E-state index >= 15 is 0 Å². The molecule has 1 aliphatic heterocycles. The summed E-state index contributed by atoms with van der Waals surface area (Å²) in [5, 5.41) is 2.02. The number of fused-ring (bicyclic) bond motifs is 1. The third-order valence-corrected chi connectivity index (χ3v) is 4.11. The van der Waals surface area contributed by atoms with E-state index in [0.717, 1.165) is 5.52 Å². The quantitative estimate of drug-likeness (QED) is 0.645. The first-order valence-electron chi connectivity index (χ1n) is 3.90. The second kappa shape index (κ2) is 2.47. The van der Waals surface area contributed by atoms with E-state index in [0.29, 0.717) is 5.25 Å². The van der Waals surface area contributed by atoms with Crippen molar-refractivity contribution in [1.29, 1.82) is 0 Å². The Morgan fingerprint density at radius 2 is 2.17 bits per heavy atom. The largest absolute Gasteiger partial charge is 0.240 e. The number of rotatable bonds is 1. The van der Waals surface area contributed by atoms with Gasteiger partial charge in [0.25, 0.3) is 0 Å². The SMILES string of the molecule is c1ccc2sc([C@H]3CS3)nc2c1. The first-order chi connectivity index (χ1) is 5.93. The highest BCUT2D eigenvalue weighted by molar-refractivity contribution is 8.06. The van der Waals surface area contributed by atoms with Crippen LogP contribution in [0.3, 0.4) is 0 Å². The number of hydrogen-bond acceptors (Lipinski definition) is 3. The molecule has 1 atom stereocenters. The van der Waals surface area contributed by atoms with Crippen molar-refractivity contribution in [3.63, 3.8) is 0 Å². The summed E-state index contributed by atoms with van der Waals surface area (Å²) in [6.07, 6.45) is 0. The molecular weight excluding hydrogens is 186 g/mol. The molecule has 3 rings (SSSR count).